The Balaban J connectivity index is 1.19. The predicted molar refractivity (Wildman–Crippen MR) is 111 cm³/mol. The number of carbonyl (C=O) groups is 2. The van der Waals surface area contributed by atoms with E-state index < -0.39 is 0 Å². The Morgan fingerprint density at radius 2 is 1.93 bits per heavy atom. The van der Waals surface area contributed by atoms with Crippen LogP contribution in [0.3, 0.4) is 0 Å². The first-order valence-corrected chi connectivity index (χ1v) is 11.3. The topological polar surface area (TPSA) is 53.1 Å². The minimum atomic E-state index is -0.278. The number of fused-ring (bicyclic) bond motifs is 3. The molecule has 4 aliphatic rings. The first kappa shape index (κ1) is 19.8. The number of anilines is 1. The number of hydrogen-bond donors (Lipinski definition) is 0. The Hall–Kier alpha value is -2.15. The Bertz CT molecular complexity index is 833. The van der Waals surface area contributed by atoms with Crippen LogP contribution in [0.25, 0.3) is 0 Å². The van der Waals surface area contributed by atoms with Crippen LogP contribution in [0.4, 0.5) is 14.9 Å². The molecule has 3 fully saturated rings. The molecule has 0 aromatic heterocycles. The van der Waals surface area contributed by atoms with E-state index in [2.05, 4.69) is 4.90 Å². The van der Waals surface area contributed by atoms with Crippen LogP contribution in [0, 0.1) is 11.7 Å². The molecule has 3 saturated heterocycles. The molecule has 5 rings (SSSR count). The summed E-state index contributed by atoms with van der Waals surface area (Å²) in [4.78, 5) is 31.3. The molecule has 0 aliphatic carbocycles. The summed E-state index contributed by atoms with van der Waals surface area (Å²) in [7, 11) is 0. The Kier molecular flexibility index (Phi) is 5.17. The lowest BCUT2D eigenvalue weighted by Crippen LogP contribution is -2.48. The van der Waals surface area contributed by atoms with E-state index in [9.17, 15) is 14.0 Å². The summed E-state index contributed by atoms with van der Waals surface area (Å²) in [5.74, 6) is 0.395. The largest absolute Gasteiger partial charge is 0.450 e. The lowest BCUT2D eigenvalue weighted by atomic mass is 9.90. The van der Waals surface area contributed by atoms with E-state index in [1.807, 2.05) is 16.7 Å². The van der Waals surface area contributed by atoms with Gasteiger partial charge in [-0.3, -0.25) is 4.79 Å². The van der Waals surface area contributed by atoms with Crippen LogP contribution < -0.4 is 4.90 Å². The van der Waals surface area contributed by atoms with Gasteiger partial charge in [-0.25, -0.2) is 9.18 Å². The predicted octanol–water partition coefficient (Wildman–Crippen LogP) is 3.19. The van der Waals surface area contributed by atoms with Crippen molar-refractivity contribution in [2.24, 2.45) is 5.92 Å². The number of piperidine rings is 1. The van der Waals surface area contributed by atoms with Crippen molar-refractivity contribution in [2.45, 2.75) is 63.6 Å². The zero-order valence-electron chi connectivity index (χ0n) is 17.6. The van der Waals surface area contributed by atoms with Crippen molar-refractivity contribution in [1.29, 1.82) is 0 Å². The van der Waals surface area contributed by atoms with Crippen molar-refractivity contribution in [3.63, 3.8) is 0 Å². The molecular weight excluding hydrogens is 385 g/mol. The van der Waals surface area contributed by atoms with E-state index in [0.717, 1.165) is 63.0 Å². The molecule has 0 unspecified atom stereocenters. The van der Waals surface area contributed by atoms with Gasteiger partial charge < -0.3 is 19.4 Å². The molecular formula is C23H30FN3O3. The van der Waals surface area contributed by atoms with Crippen molar-refractivity contribution >= 4 is 17.7 Å². The SMILES string of the molecule is CCOC(=O)N1[C@H]2CC[C@H]1CC(CN1CC[C@H](N3C(=O)Cc4cc(F)ccc43)C1)C2. The fraction of sp³-hybridized carbons (Fsp3) is 0.652. The summed E-state index contributed by atoms with van der Waals surface area (Å²) in [5.41, 5.74) is 1.69. The summed E-state index contributed by atoms with van der Waals surface area (Å²) in [6.07, 6.45) is 5.36. The zero-order chi connectivity index (χ0) is 20.8. The Morgan fingerprint density at radius 1 is 1.17 bits per heavy atom. The van der Waals surface area contributed by atoms with Gasteiger partial charge >= 0.3 is 6.09 Å². The summed E-state index contributed by atoms with van der Waals surface area (Å²) >= 11 is 0. The molecule has 2 bridgehead atoms. The highest BCUT2D eigenvalue weighted by Crippen LogP contribution is 2.40. The minimum absolute atomic E-state index is 0.0863. The van der Waals surface area contributed by atoms with Gasteiger partial charge in [-0.05, 0) is 68.7 Å². The number of nitrogens with zero attached hydrogens (tertiary/aromatic N) is 3. The van der Waals surface area contributed by atoms with Crippen LogP contribution in [-0.4, -0.2) is 66.2 Å². The number of hydrogen-bond acceptors (Lipinski definition) is 4. The number of halogens is 1. The lowest BCUT2D eigenvalue weighted by molar-refractivity contribution is -0.117. The smallest absolute Gasteiger partial charge is 0.410 e. The average molecular weight is 416 g/mol. The molecule has 2 amide bonds. The maximum absolute atomic E-state index is 13.5. The van der Waals surface area contributed by atoms with Crippen LogP contribution in [-0.2, 0) is 16.0 Å². The highest BCUT2D eigenvalue weighted by Gasteiger charge is 2.45. The quantitative estimate of drug-likeness (QED) is 0.758. The van der Waals surface area contributed by atoms with Crippen molar-refractivity contribution in [3.05, 3.63) is 29.6 Å². The fourth-order valence-corrected chi connectivity index (χ4v) is 6.20. The molecule has 1 aromatic carbocycles. The maximum atomic E-state index is 13.5. The fourth-order valence-electron chi connectivity index (χ4n) is 6.20. The van der Waals surface area contributed by atoms with E-state index in [0.29, 0.717) is 31.0 Å². The third-order valence-corrected chi connectivity index (χ3v) is 7.35. The van der Waals surface area contributed by atoms with Gasteiger partial charge in [0.1, 0.15) is 5.82 Å². The van der Waals surface area contributed by atoms with Gasteiger partial charge in [-0.15, -0.1) is 0 Å². The molecule has 0 N–H and O–H groups in total. The highest BCUT2D eigenvalue weighted by atomic mass is 19.1. The van der Waals surface area contributed by atoms with Gasteiger partial charge in [0.2, 0.25) is 5.91 Å². The Morgan fingerprint density at radius 3 is 2.67 bits per heavy atom. The van der Waals surface area contributed by atoms with Crippen molar-refractivity contribution in [1.82, 2.24) is 9.80 Å². The van der Waals surface area contributed by atoms with Crippen LogP contribution in [0.15, 0.2) is 18.2 Å². The summed E-state index contributed by atoms with van der Waals surface area (Å²) in [6, 6.07) is 5.49. The Labute approximate surface area is 176 Å². The van der Waals surface area contributed by atoms with Crippen LogP contribution in [0.2, 0.25) is 0 Å². The van der Waals surface area contributed by atoms with Crippen molar-refractivity contribution < 1.29 is 18.7 Å². The molecule has 162 valence electrons. The number of amides is 2. The second-order valence-electron chi connectivity index (χ2n) is 9.24. The number of likely N-dealkylation sites (tertiary alicyclic amines) is 1. The van der Waals surface area contributed by atoms with Gasteiger partial charge in [-0.2, -0.15) is 0 Å². The molecule has 0 spiro atoms. The normalized spacial score (nSPS) is 30.8. The molecule has 0 radical (unpaired) electrons. The van der Waals surface area contributed by atoms with E-state index in [4.69, 9.17) is 4.74 Å². The number of rotatable bonds is 4. The third kappa shape index (κ3) is 3.47. The molecule has 4 heterocycles. The van der Waals surface area contributed by atoms with Gasteiger partial charge in [0.05, 0.1) is 19.1 Å². The standard InChI is InChI=1S/C23H30FN3O3/c1-2-30-23(29)26-18-4-5-19(26)10-15(9-18)13-25-8-7-20(14-25)27-21-6-3-17(24)11-16(21)12-22(27)28/h3,6,11,15,18-20H,2,4-5,7-10,12-14H2,1H3/t18-,19-,20-/m0/s1. The second-order valence-corrected chi connectivity index (χ2v) is 9.24. The molecule has 4 aliphatic heterocycles. The van der Waals surface area contributed by atoms with Crippen molar-refractivity contribution in [3.8, 4) is 0 Å². The molecule has 30 heavy (non-hydrogen) atoms. The summed E-state index contributed by atoms with van der Waals surface area (Å²) in [5, 5.41) is 0. The molecule has 0 saturated carbocycles. The van der Waals surface area contributed by atoms with Gasteiger partial charge in [0.15, 0.2) is 0 Å². The monoisotopic (exact) mass is 415 g/mol. The molecule has 1 aromatic rings. The van der Waals surface area contributed by atoms with Crippen LogP contribution >= 0.6 is 0 Å². The maximum Gasteiger partial charge on any atom is 0.410 e. The number of carbonyl (C=O) groups excluding carboxylic acids is 2. The number of ether oxygens (including phenoxy) is 1. The van der Waals surface area contributed by atoms with Crippen LogP contribution in [0.1, 0.15) is 44.6 Å². The summed E-state index contributed by atoms with van der Waals surface area (Å²) < 4.78 is 18.8. The number of benzene rings is 1. The lowest BCUT2D eigenvalue weighted by Gasteiger charge is -2.39. The van der Waals surface area contributed by atoms with Gasteiger partial charge in [-0.1, -0.05) is 0 Å². The molecule has 6 nitrogen and oxygen atoms in total. The summed E-state index contributed by atoms with van der Waals surface area (Å²) in [6.45, 7) is 5.17. The van der Waals surface area contributed by atoms with E-state index >= 15 is 0 Å². The second kappa shape index (κ2) is 7.84. The first-order chi connectivity index (χ1) is 14.5. The third-order valence-electron chi connectivity index (χ3n) is 7.35. The molecule has 3 atom stereocenters. The molecule has 7 heteroatoms. The van der Waals surface area contributed by atoms with E-state index in [1.165, 1.54) is 12.1 Å². The van der Waals surface area contributed by atoms with E-state index in [1.54, 1.807) is 6.07 Å². The van der Waals surface area contributed by atoms with Gasteiger partial charge in [0.25, 0.3) is 0 Å². The zero-order valence-corrected chi connectivity index (χ0v) is 17.6. The van der Waals surface area contributed by atoms with E-state index in [-0.39, 0.29) is 23.9 Å². The minimum Gasteiger partial charge on any atom is -0.450 e. The average Bonchev–Trinajstić information content (AvgIpc) is 3.35. The first-order valence-electron chi connectivity index (χ1n) is 11.3. The van der Waals surface area contributed by atoms with Crippen LogP contribution in [0.5, 0.6) is 0 Å². The highest BCUT2D eigenvalue weighted by molar-refractivity contribution is 6.02. The van der Waals surface area contributed by atoms with Gasteiger partial charge in [0, 0.05) is 37.4 Å². The van der Waals surface area contributed by atoms with Crippen molar-refractivity contribution in [2.75, 3.05) is 31.1 Å².